The lowest BCUT2D eigenvalue weighted by Crippen LogP contribution is -2.44. The van der Waals surface area contributed by atoms with Gasteiger partial charge in [0.2, 0.25) is 5.91 Å². The molecule has 21 heavy (non-hydrogen) atoms. The van der Waals surface area contributed by atoms with Crippen molar-refractivity contribution in [2.24, 2.45) is 0 Å². The second kappa shape index (κ2) is 8.51. The highest BCUT2D eigenvalue weighted by Gasteiger charge is 2.34. The van der Waals surface area contributed by atoms with Gasteiger partial charge in [0, 0.05) is 30.5 Å². The first-order valence-electron chi connectivity index (χ1n) is 7.77. The number of amides is 1. The van der Waals surface area contributed by atoms with Crippen molar-refractivity contribution < 1.29 is 9.53 Å². The molecular weight excluding hydrogens is 284 g/mol. The molecule has 1 aromatic rings. The van der Waals surface area contributed by atoms with Crippen molar-refractivity contribution in [2.45, 2.75) is 37.5 Å². The molecule has 0 spiro atoms. The number of ether oxygens (including phenoxy) is 1. The first-order chi connectivity index (χ1) is 10.3. The first kappa shape index (κ1) is 16.5. The van der Waals surface area contributed by atoms with Gasteiger partial charge in [0.15, 0.2) is 0 Å². The topological polar surface area (TPSA) is 50.4 Å². The molecule has 0 unspecified atom stereocenters. The molecule has 2 rings (SSSR count). The Kier molecular flexibility index (Phi) is 6.67. The molecule has 0 radical (unpaired) electrons. The molecule has 118 valence electrons. The van der Waals surface area contributed by atoms with Crippen molar-refractivity contribution in [3.05, 3.63) is 22.4 Å². The summed E-state index contributed by atoms with van der Waals surface area (Å²) in [4.78, 5) is 13.4. The Bertz CT molecular complexity index is 414. The van der Waals surface area contributed by atoms with Gasteiger partial charge in [0.25, 0.3) is 0 Å². The molecule has 2 N–H and O–H groups in total. The van der Waals surface area contributed by atoms with Gasteiger partial charge < -0.3 is 15.4 Å². The van der Waals surface area contributed by atoms with Crippen LogP contribution in [-0.2, 0) is 14.9 Å². The molecule has 5 heteroatoms. The van der Waals surface area contributed by atoms with Gasteiger partial charge in [-0.2, -0.15) is 0 Å². The monoisotopic (exact) mass is 310 g/mol. The van der Waals surface area contributed by atoms with Crippen LogP contribution in [0.4, 0.5) is 0 Å². The van der Waals surface area contributed by atoms with Crippen molar-refractivity contribution in [1.29, 1.82) is 0 Å². The van der Waals surface area contributed by atoms with Gasteiger partial charge in [-0.15, -0.1) is 11.3 Å². The van der Waals surface area contributed by atoms with E-state index in [0.29, 0.717) is 19.7 Å². The largest absolute Gasteiger partial charge is 0.383 e. The van der Waals surface area contributed by atoms with E-state index in [1.54, 1.807) is 7.11 Å². The average molecular weight is 310 g/mol. The summed E-state index contributed by atoms with van der Waals surface area (Å²) in [6.45, 7) is 2.47. The van der Waals surface area contributed by atoms with E-state index in [1.165, 1.54) is 37.0 Å². The van der Waals surface area contributed by atoms with E-state index in [4.69, 9.17) is 4.74 Å². The number of nitrogens with one attached hydrogen (secondary N) is 2. The molecule has 1 amide bonds. The maximum absolute atomic E-state index is 11.9. The summed E-state index contributed by atoms with van der Waals surface area (Å²) < 4.78 is 4.95. The summed E-state index contributed by atoms with van der Waals surface area (Å²) in [5.41, 5.74) is 0.161. The van der Waals surface area contributed by atoms with E-state index < -0.39 is 0 Å². The third-order valence-electron chi connectivity index (χ3n) is 4.25. The average Bonchev–Trinajstić information content (AvgIpc) is 3.05. The predicted molar refractivity (Wildman–Crippen MR) is 86.8 cm³/mol. The third kappa shape index (κ3) is 4.80. The standard InChI is InChI=1S/C16H26N2O2S/c1-20-10-9-17-12-15(19)18-13-16(7-3-2-4-8-16)14-6-5-11-21-14/h5-6,11,17H,2-4,7-10,12-13H2,1H3,(H,18,19). The van der Waals surface area contributed by atoms with Crippen LogP contribution in [0.1, 0.15) is 37.0 Å². The summed E-state index contributed by atoms with van der Waals surface area (Å²) in [6, 6.07) is 4.34. The van der Waals surface area contributed by atoms with Gasteiger partial charge in [-0.05, 0) is 24.3 Å². The van der Waals surface area contributed by atoms with Crippen molar-refractivity contribution >= 4 is 17.2 Å². The molecule has 1 aliphatic carbocycles. The van der Waals surface area contributed by atoms with Gasteiger partial charge in [-0.1, -0.05) is 25.3 Å². The Morgan fingerprint density at radius 1 is 1.38 bits per heavy atom. The number of hydrogen-bond donors (Lipinski definition) is 2. The molecule has 1 fully saturated rings. The van der Waals surface area contributed by atoms with Gasteiger partial charge in [-0.3, -0.25) is 4.79 Å². The molecular formula is C16H26N2O2S. The lowest BCUT2D eigenvalue weighted by atomic mass is 9.73. The van der Waals surface area contributed by atoms with Crippen LogP contribution in [0.2, 0.25) is 0 Å². The van der Waals surface area contributed by atoms with Crippen LogP contribution < -0.4 is 10.6 Å². The minimum atomic E-state index is 0.0765. The van der Waals surface area contributed by atoms with Crippen LogP contribution in [0.15, 0.2) is 17.5 Å². The number of methoxy groups -OCH3 is 1. The van der Waals surface area contributed by atoms with Gasteiger partial charge in [-0.25, -0.2) is 0 Å². The van der Waals surface area contributed by atoms with Crippen molar-refractivity contribution in [3.63, 3.8) is 0 Å². The summed E-state index contributed by atoms with van der Waals surface area (Å²) in [5.74, 6) is 0.0765. The van der Waals surface area contributed by atoms with Crippen LogP contribution in [0.5, 0.6) is 0 Å². The van der Waals surface area contributed by atoms with E-state index in [2.05, 4.69) is 28.1 Å². The fourth-order valence-electron chi connectivity index (χ4n) is 3.03. The lowest BCUT2D eigenvalue weighted by Gasteiger charge is -2.36. The highest BCUT2D eigenvalue weighted by Crippen LogP contribution is 2.40. The predicted octanol–water partition coefficient (Wildman–Crippen LogP) is 2.30. The minimum Gasteiger partial charge on any atom is -0.383 e. The number of rotatable bonds is 8. The summed E-state index contributed by atoms with van der Waals surface area (Å²) in [6.07, 6.45) is 6.22. The Morgan fingerprint density at radius 3 is 2.86 bits per heavy atom. The Balaban J connectivity index is 1.84. The molecule has 0 aliphatic heterocycles. The molecule has 0 bridgehead atoms. The fraction of sp³-hybridized carbons (Fsp3) is 0.688. The van der Waals surface area contributed by atoms with Crippen molar-refractivity contribution in [3.8, 4) is 0 Å². The van der Waals surface area contributed by atoms with E-state index in [0.717, 1.165) is 6.54 Å². The zero-order valence-corrected chi connectivity index (χ0v) is 13.6. The number of thiophene rings is 1. The summed E-state index contributed by atoms with van der Waals surface area (Å²) in [7, 11) is 1.66. The molecule has 0 saturated heterocycles. The lowest BCUT2D eigenvalue weighted by molar-refractivity contribution is -0.120. The molecule has 1 heterocycles. The molecule has 0 aromatic carbocycles. The Labute approximate surface area is 131 Å². The van der Waals surface area contributed by atoms with Crippen LogP contribution >= 0.6 is 11.3 Å². The van der Waals surface area contributed by atoms with E-state index in [9.17, 15) is 4.79 Å². The summed E-state index contributed by atoms with van der Waals surface area (Å²) in [5, 5.41) is 8.35. The maximum Gasteiger partial charge on any atom is 0.233 e. The zero-order chi connectivity index (χ0) is 15.0. The van der Waals surface area contributed by atoms with E-state index in [1.807, 2.05) is 11.3 Å². The normalized spacial score (nSPS) is 17.6. The first-order valence-corrected chi connectivity index (χ1v) is 8.65. The molecule has 1 aliphatic rings. The van der Waals surface area contributed by atoms with Crippen molar-refractivity contribution in [1.82, 2.24) is 10.6 Å². The van der Waals surface area contributed by atoms with E-state index in [-0.39, 0.29) is 11.3 Å². The quantitative estimate of drug-likeness (QED) is 0.725. The van der Waals surface area contributed by atoms with Crippen LogP contribution in [0.25, 0.3) is 0 Å². The van der Waals surface area contributed by atoms with E-state index >= 15 is 0 Å². The maximum atomic E-state index is 11.9. The van der Waals surface area contributed by atoms with Crippen LogP contribution in [0, 0.1) is 0 Å². The highest BCUT2D eigenvalue weighted by molar-refractivity contribution is 7.10. The SMILES string of the molecule is COCCNCC(=O)NCC1(c2cccs2)CCCCC1. The van der Waals surface area contributed by atoms with Crippen LogP contribution in [-0.4, -0.2) is 39.3 Å². The zero-order valence-electron chi connectivity index (χ0n) is 12.8. The van der Waals surface area contributed by atoms with Gasteiger partial charge in [0.05, 0.1) is 13.2 Å². The molecule has 1 saturated carbocycles. The number of carbonyl (C=O) groups excluding carboxylic acids is 1. The Morgan fingerprint density at radius 2 is 2.19 bits per heavy atom. The molecule has 4 nitrogen and oxygen atoms in total. The smallest absolute Gasteiger partial charge is 0.233 e. The molecule has 0 atom stereocenters. The second-order valence-electron chi connectivity index (χ2n) is 5.76. The minimum absolute atomic E-state index is 0.0765. The molecule has 1 aromatic heterocycles. The Hall–Kier alpha value is -0.910. The number of hydrogen-bond acceptors (Lipinski definition) is 4. The van der Waals surface area contributed by atoms with Crippen molar-refractivity contribution in [2.75, 3.05) is 33.4 Å². The second-order valence-corrected chi connectivity index (χ2v) is 6.71. The van der Waals surface area contributed by atoms with Gasteiger partial charge >= 0.3 is 0 Å². The summed E-state index contributed by atoms with van der Waals surface area (Å²) >= 11 is 1.82. The highest BCUT2D eigenvalue weighted by atomic mass is 32.1. The van der Waals surface area contributed by atoms with Gasteiger partial charge in [0.1, 0.15) is 0 Å². The number of carbonyl (C=O) groups is 1. The fourth-order valence-corrected chi connectivity index (χ4v) is 4.01. The van der Waals surface area contributed by atoms with Crippen LogP contribution in [0.3, 0.4) is 0 Å². The third-order valence-corrected chi connectivity index (χ3v) is 5.36.